The third-order valence-electron chi connectivity index (χ3n) is 3.20. The highest BCUT2D eigenvalue weighted by Gasteiger charge is 2.07. The standard InChI is InChI=1S/C16H21N5O/c1-3-13-14(4-2)20-21-16(19-13)17-11-10-15(22)18-12-8-6-5-7-9-12/h5-9H,3-4,10-11H2,1-2H3,(H,18,22)(H,17,19,21). The van der Waals surface area contributed by atoms with Crippen LogP contribution in [0.25, 0.3) is 0 Å². The van der Waals surface area contributed by atoms with Crippen molar-refractivity contribution in [2.45, 2.75) is 33.1 Å². The topological polar surface area (TPSA) is 79.8 Å². The summed E-state index contributed by atoms with van der Waals surface area (Å²) in [5.74, 6) is 0.425. The van der Waals surface area contributed by atoms with Gasteiger partial charge in [-0.2, -0.15) is 5.10 Å². The first-order chi connectivity index (χ1) is 10.7. The molecule has 0 spiro atoms. The Morgan fingerprint density at radius 3 is 2.45 bits per heavy atom. The molecule has 2 aromatic rings. The van der Waals surface area contributed by atoms with Crippen molar-refractivity contribution in [1.82, 2.24) is 15.2 Å². The summed E-state index contributed by atoms with van der Waals surface area (Å²) in [6, 6.07) is 9.39. The van der Waals surface area contributed by atoms with Crippen LogP contribution in [0.3, 0.4) is 0 Å². The van der Waals surface area contributed by atoms with Gasteiger partial charge in [0.1, 0.15) is 0 Å². The average molecular weight is 299 g/mol. The molecule has 6 nitrogen and oxygen atoms in total. The molecule has 0 fully saturated rings. The van der Waals surface area contributed by atoms with Crippen LogP contribution in [0.1, 0.15) is 31.7 Å². The Balaban J connectivity index is 1.82. The smallest absolute Gasteiger partial charge is 0.242 e. The quantitative estimate of drug-likeness (QED) is 0.821. The second-order valence-electron chi connectivity index (χ2n) is 4.83. The number of hydrogen-bond donors (Lipinski definition) is 2. The summed E-state index contributed by atoms with van der Waals surface area (Å²) in [7, 11) is 0. The van der Waals surface area contributed by atoms with E-state index in [1.165, 1.54) is 0 Å². The first-order valence-electron chi connectivity index (χ1n) is 7.54. The fraction of sp³-hybridized carbons (Fsp3) is 0.375. The fourth-order valence-electron chi connectivity index (χ4n) is 2.05. The number of nitrogens with one attached hydrogen (secondary N) is 2. The monoisotopic (exact) mass is 299 g/mol. The summed E-state index contributed by atoms with van der Waals surface area (Å²) in [6.45, 7) is 4.54. The predicted molar refractivity (Wildman–Crippen MR) is 86.8 cm³/mol. The second-order valence-corrected chi connectivity index (χ2v) is 4.83. The molecule has 0 radical (unpaired) electrons. The summed E-state index contributed by atoms with van der Waals surface area (Å²) < 4.78 is 0. The summed E-state index contributed by atoms with van der Waals surface area (Å²) in [5.41, 5.74) is 2.68. The second kappa shape index (κ2) is 8.07. The highest BCUT2D eigenvalue weighted by atomic mass is 16.1. The molecular weight excluding hydrogens is 278 g/mol. The third-order valence-corrected chi connectivity index (χ3v) is 3.20. The molecule has 0 unspecified atom stereocenters. The molecule has 0 bridgehead atoms. The van der Waals surface area contributed by atoms with Crippen LogP contribution in [0, 0.1) is 0 Å². The van der Waals surface area contributed by atoms with Gasteiger partial charge in [-0.25, -0.2) is 4.98 Å². The normalized spacial score (nSPS) is 10.3. The molecule has 116 valence electrons. The van der Waals surface area contributed by atoms with Crippen LogP contribution in [0.4, 0.5) is 11.6 Å². The molecule has 0 saturated carbocycles. The Hall–Kier alpha value is -2.50. The molecule has 2 rings (SSSR count). The van der Waals surface area contributed by atoms with Crippen molar-refractivity contribution in [3.05, 3.63) is 41.7 Å². The van der Waals surface area contributed by atoms with Gasteiger partial charge in [0, 0.05) is 18.7 Å². The van der Waals surface area contributed by atoms with E-state index in [2.05, 4.69) is 25.8 Å². The van der Waals surface area contributed by atoms with E-state index in [9.17, 15) is 4.79 Å². The van der Waals surface area contributed by atoms with Gasteiger partial charge < -0.3 is 10.6 Å². The molecule has 1 amide bonds. The Kier molecular flexibility index (Phi) is 5.82. The van der Waals surface area contributed by atoms with E-state index in [1.807, 2.05) is 44.2 Å². The van der Waals surface area contributed by atoms with Crippen molar-refractivity contribution >= 4 is 17.5 Å². The lowest BCUT2D eigenvalue weighted by Gasteiger charge is -2.08. The summed E-state index contributed by atoms with van der Waals surface area (Å²) >= 11 is 0. The van der Waals surface area contributed by atoms with Crippen LogP contribution in [-0.4, -0.2) is 27.6 Å². The highest BCUT2D eigenvalue weighted by molar-refractivity contribution is 5.90. The van der Waals surface area contributed by atoms with E-state index in [-0.39, 0.29) is 5.91 Å². The van der Waals surface area contributed by atoms with E-state index >= 15 is 0 Å². The molecule has 0 aliphatic rings. The number of aromatic nitrogens is 3. The van der Waals surface area contributed by atoms with E-state index in [1.54, 1.807) is 0 Å². The third kappa shape index (κ3) is 4.51. The number of carbonyl (C=O) groups excluding carboxylic acids is 1. The SMILES string of the molecule is CCc1nnc(NCCC(=O)Nc2ccccc2)nc1CC. The van der Waals surface area contributed by atoms with Gasteiger partial charge >= 0.3 is 0 Å². The van der Waals surface area contributed by atoms with Gasteiger partial charge in [0.15, 0.2) is 0 Å². The van der Waals surface area contributed by atoms with E-state index in [4.69, 9.17) is 0 Å². The van der Waals surface area contributed by atoms with Gasteiger partial charge in [-0.05, 0) is 25.0 Å². The van der Waals surface area contributed by atoms with Gasteiger partial charge in [0.05, 0.1) is 11.4 Å². The van der Waals surface area contributed by atoms with Gasteiger partial charge in [0.25, 0.3) is 0 Å². The van der Waals surface area contributed by atoms with Crippen LogP contribution in [-0.2, 0) is 17.6 Å². The molecule has 2 N–H and O–H groups in total. The first-order valence-corrected chi connectivity index (χ1v) is 7.54. The molecular formula is C16H21N5O. The first kappa shape index (κ1) is 15.9. The largest absolute Gasteiger partial charge is 0.352 e. The zero-order valence-electron chi connectivity index (χ0n) is 13.0. The molecule has 22 heavy (non-hydrogen) atoms. The number of anilines is 2. The average Bonchev–Trinajstić information content (AvgIpc) is 2.55. The predicted octanol–water partition coefficient (Wildman–Crippen LogP) is 2.44. The summed E-state index contributed by atoms with van der Waals surface area (Å²) in [4.78, 5) is 16.2. The molecule has 0 atom stereocenters. The number of para-hydroxylation sites is 1. The zero-order chi connectivity index (χ0) is 15.8. The summed E-state index contributed by atoms with van der Waals surface area (Å²) in [5, 5.41) is 14.1. The van der Waals surface area contributed by atoms with Crippen molar-refractivity contribution in [1.29, 1.82) is 0 Å². The van der Waals surface area contributed by atoms with Crippen molar-refractivity contribution in [2.24, 2.45) is 0 Å². The van der Waals surface area contributed by atoms with Gasteiger partial charge in [-0.3, -0.25) is 4.79 Å². The number of amides is 1. The molecule has 6 heteroatoms. The Bertz CT molecular complexity index is 615. The van der Waals surface area contributed by atoms with Crippen molar-refractivity contribution in [2.75, 3.05) is 17.2 Å². The molecule has 1 aromatic carbocycles. The Morgan fingerprint density at radius 2 is 1.77 bits per heavy atom. The van der Waals surface area contributed by atoms with Gasteiger partial charge in [0.2, 0.25) is 11.9 Å². The number of hydrogen-bond acceptors (Lipinski definition) is 5. The number of carbonyl (C=O) groups is 1. The summed E-state index contributed by atoms with van der Waals surface area (Å²) in [6.07, 6.45) is 1.99. The Morgan fingerprint density at radius 1 is 1.05 bits per heavy atom. The lowest BCUT2D eigenvalue weighted by Crippen LogP contribution is -2.17. The van der Waals surface area contributed by atoms with Crippen molar-refractivity contribution in [3.8, 4) is 0 Å². The maximum Gasteiger partial charge on any atom is 0.242 e. The van der Waals surface area contributed by atoms with Gasteiger partial charge in [-0.1, -0.05) is 32.0 Å². The lowest BCUT2D eigenvalue weighted by molar-refractivity contribution is -0.115. The molecule has 1 aromatic heterocycles. The maximum absolute atomic E-state index is 11.8. The van der Waals surface area contributed by atoms with Crippen LogP contribution in [0.2, 0.25) is 0 Å². The number of rotatable bonds is 7. The highest BCUT2D eigenvalue weighted by Crippen LogP contribution is 2.07. The molecule has 0 saturated heterocycles. The minimum Gasteiger partial charge on any atom is -0.352 e. The fourth-order valence-corrected chi connectivity index (χ4v) is 2.05. The van der Waals surface area contributed by atoms with E-state index in [0.717, 1.165) is 29.9 Å². The van der Waals surface area contributed by atoms with E-state index in [0.29, 0.717) is 18.9 Å². The molecule has 0 aliphatic carbocycles. The van der Waals surface area contributed by atoms with E-state index < -0.39 is 0 Å². The Labute approximate surface area is 130 Å². The van der Waals surface area contributed by atoms with Crippen LogP contribution in [0.15, 0.2) is 30.3 Å². The van der Waals surface area contributed by atoms with Crippen molar-refractivity contribution in [3.63, 3.8) is 0 Å². The molecule has 0 aliphatic heterocycles. The van der Waals surface area contributed by atoms with Gasteiger partial charge in [-0.15, -0.1) is 5.10 Å². The minimum absolute atomic E-state index is 0.0486. The van der Waals surface area contributed by atoms with Crippen LogP contribution >= 0.6 is 0 Å². The van der Waals surface area contributed by atoms with Crippen LogP contribution < -0.4 is 10.6 Å². The lowest BCUT2D eigenvalue weighted by atomic mass is 10.2. The van der Waals surface area contributed by atoms with Crippen molar-refractivity contribution < 1.29 is 4.79 Å². The minimum atomic E-state index is -0.0486. The number of aryl methyl sites for hydroxylation is 2. The number of nitrogens with zero attached hydrogens (tertiary/aromatic N) is 3. The zero-order valence-corrected chi connectivity index (χ0v) is 13.0. The van der Waals surface area contributed by atoms with Crippen LogP contribution in [0.5, 0.6) is 0 Å². The maximum atomic E-state index is 11.8. The number of benzene rings is 1. The molecule has 1 heterocycles.